The van der Waals surface area contributed by atoms with Crippen LogP contribution in [0.5, 0.6) is 0 Å². The number of nitrogens with two attached hydrogens (primary N) is 5. The number of aromatic nitrogens is 1. The Kier molecular flexibility index (Phi) is 13.7. The number of aliphatic hydroxyl groups is 1. The molecular weight excluding hydrogens is 562 g/mol. The molecule has 4 unspecified atom stereocenters. The number of carboxylic acid groups (broad SMARTS) is 1. The molecule has 2 aromatic rings. The first-order valence-electron chi connectivity index (χ1n) is 13.6. The summed E-state index contributed by atoms with van der Waals surface area (Å²) in [5, 5.41) is 27.4. The van der Waals surface area contributed by atoms with Crippen molar-refractivity contribution in [1.29, 1.82) is 0 Å². The Morgan fingerprint density at radius 3 is 1.93 bits per heavy atom. The van der Waals surface area contributed by atoms with E-state index in [4.69, 9.17) is 28.7 Å². The van der Waals surface area contributed by atoms with Crippen LogP contribution in [-0.4, -0.2) is 94.7 Å². The van der Waals surface area contributed by atoms with Crippen LogP contribution < -0.4 is 44.6 Å². The highest BCUT2D eigenvalue weighted by Crippen LogP contribution is 2.18. The van der Waals surface area contributed by atoms with Crippen LogP contribution in [0.2, 0.25) is 0 Å². The van der Waals surface area contributed by atoms with E-state index < -0.39 is 54.5 Å². The number of fused-ring (bicyclic) bond motifs is 1. The predicted octanol–water partition coefficient (Wildman–Crippen LogP) is -3.32. The molecule has 0 fully saturated rings. The number of carbonyl (C=O) groups is 4. The quantitative estimate of drug-likeness (QED) is 0.0455. The highest BCUT2D eigenvalue weighted by molar-refractivity contribution is 5.94. The lowest BCUT2D eigenvalue weighted by Gasteiger charge is -2.24. The number of aliphatic carboxylic acids is 1. The Morgan fingerprint density at radius 1 is 0.814 bits per heavy atom. The summed E-state index contributed by atoms with van der Waals surface area (Å²) in [5.41, 5.74) is 29.1. The van der Waals surface area contributed by atoms with Crippen LogP contribution in [0.4, 0.5) is 0 Å². The first-order valence-corrected chi connectivity index (χ1v) is 13.6. The number of hydrogen-bond acceptors (Lipinski definition) is 8. The van der Waals surface area contributed by atoms with Crippen LogP contribution in [0.15, 0.2) is 40.4 Å². The minimum absolute atomic E-state index is 0.0122. The van der Waals surface area contributed by atoms with Crippen molar-refractivity contribution in [3.05, 3.63) is 36.0 Å². The molecule has 43 heavy (non-hydrogen) atoms. The van der Waals surface area contributed by atoms with E-state index in [9.17, 15) is 29.4 Å². The third kappa shape index (κ3) is 11.5. The number of guanidine groups is 2. The van der Waals surface area contributed by atoms with Crippen molar-refractivity contribution in [2.45, 2.75) is 56.3 Å². The molecule has 0 aliphatic carbocycles. The summed E-state index contributed by atoms with van der Waals surface area (Å²) in [4.78, 5) is 61.3. The molecular formula is C26H41N11O6. The van der Waals surface area contributed by atoms with E-state index in [0.29, 0.717) is 0 Å². The van der Waals surface area contributed by atoms with Crippen molar-refractivity contribution in [3.8, 4) is 0 Å². The highest BCUT2D eigenvalue weighted by atomic mass is 16.4. The van der Waals surface area contributed by atoms with Gasteiger partial charge in [0.15, 0.2) is 11.9 Å². The first kappa shape index (κ1) is 34.3. The number of carboxylic acids is 1. The zero-order valence-electron chi connectivity index (χ0n) is 23.7. The number of carbonyl (C=O) groups excluding carboxylic acids is 3. The second-order valence-electron chi connectivity index (χ2n) is 9.77. The van der Waals surface area contributed by atoms with Gasteiger partial charge in [-0.3, -0.25) is 24.4 Å². The number of nitrogens with zero attached hydrogens (tertiary/aromatic N) is 2. The highest BCUT2D eigenvalue weighted by Gasteiger charge is 2.30. The molecule has 0 aliphatic heterocycles. The van der Waals surface area contributed by atoms with Crippen LogP contribution in [0.1, 0.15) is 31.2 Å². The standard InChI is InChI=1S/C26H41N11O6/c27-16(11-14-12-34-17-6-2-1-5-15(14)17)21(39)35-18(7-3-9-32-25(28)29)22(40)37-20(13-38)23(41)36-19(24(42)43)8-4-10-33-26(30)31/h1-2,5-6,12,16,18-20,34,38H,3-4,7-11,13,27H2,(H,35,39)(H,36,41)(H,37,40)(H,42,43)(H4,28,29,32)(H4,30,31,33). The summed E-state index contributed by atoms with van der Waals surface area (Å²) in [6.45, 7) is -0.536. The summed E-state index contributed by atoms with van der Waals surface area (Å²) in [6, 6.07) is 2.49. The molecule has 2 rings (SSSR count). The van der Waals surface area contributed by atoms with E-state index in [1.54, 1.807) is 6.20 Å². The van der Waals surface area contributed by atoms with Gasteiger partial charge in [0, 0.05) is 30.2 Å². The SMILES string of the molecule is NC(N)=NCCCC(NC(=O)C(CO)NC(=O)C(CCCN=C(N)N)NC(=O)C(N)Cc1c[nH]c2ccccc12)C(=O)O. The molecule has 0 saturated carbocycles. The maximum absolute atomic E-state index is 13.2. The van der Waals surface area contributed by atoms with Gasteiger partial charge in [-0.15, -0.1) is 0 Å². The van der Waals surface area contributed by atoms with Gasteiger partial charge in [0.1, 0.15) is 18.1 Å². The number of amides is 3. The van der Waals surface area contributed by atoms with E-state index in [1.807, 2.05) is 24.3 Å². The minimum atomic E-state index is -1.51. The number of H-pyrrole nitrogens is 1. The lowest BCUT2D eigenvalue weighted by Crippen LogP contribution is -2.58. The van der Waals surface area contributed by atoms with Gasteiger partial charge >= 0.3 is 5.97 Å². The summed E-state index contributed by atoms with van der Waals surface area (Å²) in [7, 11) is 0. The number of aliphatic imine (C=N–C) groups is 2. The molecule has 17 heteroatoms. The van der Waals surface area contributed by atoms with Gasteiger partial charge in [0.25, 0.3) is 0 Å². The second-order valence-corrected chi connectivity index (χ2v) is 9.77. The average molecular weight is 604 g/mol. The molecule has 4 atom stereocenters. The van der Waals surface area contributed by atoms with Crippen molar-refractivity contribution in [2.75, 3.05) is 19.7 Å². The average Bonchev–Trinajstić information content (AvgIpc) is 3.36. The maximum atomic E-state index is 13.2. The molecule has 0 aliphatic rings. The van der Waals surface area contributed by atoms with Crippen molar-refractivity contribution in [2.24, 2.45) is 38.7 Å². The van der Waals surface area contributed by atoms with Gasteiger partial charge in [0.05, 0.1) is 12.6 Å². The summed E-state index contributed by atoms with van der Waals surface area (Å²) < 4.78 is 0. The first-order chi connectivity index (χ1) is 20.4. The van der Waals surface area contributed by atoms with Gasteiger partial charge in [-0.1, -0.05) is 18.2 Å². The third-order valence-corrected chi connectivity index (χ3v) is 6.41. The molecule has 17 nitrogen and oxygen atoms in total. The molecule has 0 saturated heterocycles. The Bertz CT molecular complexity index is 1300. The molecule has 1 aromatic carbocycles. The van der Waals surface area contributed by atoms with Crippen molar-refractivity contribution in [1.82, 2.24) is 20.9 Å². The van der Waals surface area contributed by atoms with E-state index in [-0.39, 0.29) is 57.1 Å². The fraction of sp³-hybridized carbons (Fsp3) is 0.462. The van der Waals surface area contributed by atoms with Gasteiger partial charge in [0.2, 0.25) is 17.7 Å². The number of para-hydroxylation sites is 1. The molecule has 3 amide bonds. The topological polar surface area (TPSA) is 315 Å². The molecule has 236 valence electrons. The molecule has 1 heterocycles. The minimum Gasteiger partial charge on any atom is -0.480 e. The Balaban J connectivity index is 2.08. The number of aromatic amines is 1. The van der Waals surface area contributed by atoms with Gasteiger partial charge < -0.3 is 59.8 Å². The number of nitrogens with one attached hydrogen (secondary N) is 4. The predicted molar refractivity (Wildman–Crippen MR) is 160 cm³/mol. The molecule has 0 bridgehead atoms. The summed E-state index contributed by atoms with van der Waals surface area (Å²) in [6.07, 6.45) is 2.51. The largest absolute Gasteiger partial charge is 0.480 e. The molecule has 16 N–H and O–H groups in total. The fourth-order valence-electron chi connectivity index (χ4n) is 4.18. The van der Waals surface area contributed by atoms with Gasteiger partial charge in [-0.05, 0) is 43.7 Å². The monoisotopic (exact) mass is 603 g/mol. The third-order valence-electron chi connectivity index (χ3n) is 6.41. The van der Waals surface area contributed by atoms with E-state index in [2.05, 4.69) is 30.9 Å². The lowest BCUT2D eigenvalue weighted by molar-refractivity contribution is -0.142. The lowest BCUT2D eigenvalue weighted by atomic mass is 10.0. The van der Waals surface area contributed by atoms with E-state index in [1.165, 1.54) is 0 Å². The van der Waals surface area contributed by atoms with Crippen LogP contribution in [-0.2, 0) is 25.6 Å². The van der Waals surface area contributed by atoms with E-state index in [0.717, 1.165) is 16.5 Å². The number of hydrogen-bond donors (Lipinski definition) is 11. The van der Waals surface area contributed by atoms with Crippen LogP contribution >= 0.6 is 0 Å². The smallest absolute Gasteiger partial charge is 0.326 e. The van der Waals surface area contributed by atoms with Crippen molar-refractivity contribution >= 4 is 46.5 Å². The summed E-state index contributed by atoms with van der Waals surface area (Å²) >= 11 is 0. The van der Waals surface area contributed by atoms with Crippen molar-refractivity contribution < 1.29 is 29.4 Å². The van der Waals surface area contributed by atoms with Crippen LogP contribution in [0.3, 0.4) is 0 Å². The number of benzene rings is 1. The fourth-order valence-corrected chi connectivity index (χ4v) is 4.18. The Labute approximate surface area is 247 Å². The Morgan fingerprint density at radius 2 is 1.35 bits per heavy atom. The molecule has 1 aromatic heterocycles. The number of rotatable bonds is 18. The maximum Gasteiger partial charge on any atom is 0.326 e. The Hall–Kier alpha value is -4.90. The second kappa shape index (κ2) is 17.1. The van der Waals surface area contributed by atoms with Crippen LogP contribution in [0.25, 0.3) is 10.9 Å². The van der Waals surface area contributed by atoms with E-state index >= 15 is 0 Å². The zero-order chi connectivity index (χ0) is 31.9. The summed E-state index contributed by atoms with van der Waals surface area (Å²) in [5.74, 6) is -3.98. The zero-order valence-corrected chi connectivity index (χ0v) is 23.7. The molecule has 0 spiro atoms. The molecule has 0 radical (unpaired) electrons. The van der Waals surface area contributed by atoms with Gasteiger partial charge in [-0.2, -0.15) is 0 Å². The van der Waals surface area contributed by atoms with Crippen LogP contribution in [0, 0.1) is 0 Å². The van der Waals surface area contributed by atoms with Crippen molar-refractivity contribution in [3.63, 3.8) is 0 Å². The number of aliphatic hydroxyl groups excluding tert-OH is 1. The normalized spacial score (nSPS) is 13.6. The van der Waals surface area contributed by atoms with Gasteiger partial charge in [-0.25, -0.2) is 4.79 Å².